The molecule has 1 aromatic heterocycles. The standard InChI is InChI=1S/C14H19N3O3/c1-3-11-6-10(14(19)20)7-13(16-11)17-5-4-12(8-17)15-9(2)18/h6-7,12H,3-5,8H2,1-2H3,(H,15,18)(H,19,20). The summed E-state index contributed by atoms with van der Waals surface area (Å²) in [4.78, 5) is 28.7. The van der Waals surface area contributed by atoms with Crippen molar-refractivity contribution in [3.8, 4) is 0 Å². The number of carboxylic acids is 1. The summed E-state index contributed by atoms with van der Waals surface area (Å²) in [6.45, 7) is 4.88. The van der Waals surface area contributed by atoms with E-state index in [2.05, 4.69) is 10.3 Å². The van der Waals surface area contributed by atoms with Crippen LogP contribution in [0.2, 0.25) is 0 Å². The molecule has 2 rings (SSSR count). The van der Waals surface area contributed by atoms with Crippen molar-refractivity contribution in [3.05, 3.63) is 23.4 Å². The predicted octanol–water partition coefficient (Wildman–Crippen LogP) is 1.06. The summed E-state index contributed by atoms with van der Waals surface area (Å²) in [5.74, 6) is -0.311. The van der Waals surface area contributed by atoms with Gasteiger partial charge < -0.3 is 15.3 Å². The van der Waals surface area contributed by atoms with Crippen LogP contribution in [-0.4, -0.2) is 41.1 Å². The number of carboxylic acid groups (broad SMARTS) is 1. The van der Waals surface area contributed by atoms with Gasteiger partial charge in [0.25, 0.3) is 0 Å². The van der Waals surface area contributed by atoms with Crippen LogP contribution in [0, 0.1) is 0 Å². The van der Waals surface area contributed by atoms with Gasteiger partial charge in [-0.2, -0.15) is 0 Å². The van der Waals surface area contributed by atoms with Crippen LogP contribution in [0.3, 0.4) is 0 Å². The van der Waals surface area contributed by atoms with E-state index in [4.69, 9.17) is 5.11 Å². The summed E-state index contributed by atoms with van der Waals surface area (Å²) in [6.07, 6.45) is 1.54. The van der Waals surface area contributed by atoms with Crippen molar-refractivity contribution in [2.24, 2.45) is 0 Å². The highest BCUT2D eigenvalue weighted by Gasteiger charge is 2.24. The number of amides is 1. The summed E-state index contributed by atoms with van der Waals surface area (Å²) in [5, 5.41) is 12.0. The number of nitrogens with zero attached hydrogens (tertiary/aromatic N) is 2. The van der Waals surface area contributed by atoms with E-state index in [0.29, 0.717) is 18.8 Å². The first-order valence-electron chi connectivity index (χ1n) is 6.76. The molecule has 0 spiro atoms. The highest BCUT2D eigenvalue weighted by molar-refractivity contribution is 5.88. The highest BCUT2D eigenvalue weighted by Crippen LogP contribution is 2.21. The Morgan fingerprint density at radius 2 is 2.25 bits per heavy atom. The molecule has 0 radical (unpaired) electrons. The molecule has 0 bridgehead atoms. The molecule has 0 aromatic carbocycles. The van der Waals surface area contributed by atoms with E-state index < -0.39 is 5.97 Å². The minimum atomic E-state index is -0.944. The van der Waals surface area contributed by atoms with Crippen molar-refractivity contribution in [2.45, 2.75) is 32.7 Å². The summed E-state index contributed by atoms with van der Waals surface area (Å²) >= 11 is 0. The fraction of sp³-hybridized carbons (Fsp3) is 0.500. The van der Waals surface area contributed by atoms with Gasteiger partial charge in [-0.15, -0.1) is 0 Å². The molecule has 1 amide bonds. The number of hydrogen-bond donors (Lipinski definition) is 2. The number of anilines is 1. The number of aryl methyl sites for hydroxylation is 1. The first-order valence-corrected chi connectivity index (χ1v) is 6.76. The van der Waals surface area contributed by atoms with Crippen LogP contribution in [0.4, 0.5) is 5.82 Å². The topological polar surface area (TPSA) is 82.5 Å². The Morgan fingerprint density at radius 1 is 1.50 bits per heavy atom. The second-order valence-electron chi connectivity index (χ2n) is 5.00. The molecule has 20 heavy (non-hydrogen) atoms. The first-order chi connectivity index (χ1) is 9.49. The lowest BCUT2D eigenvalue weighted by Crippen LogP contribution is -2.35. The van der Waals surface area contributed by atoms with Crippen LogP contribution in [0.25, 0.3) is 0 Å². The Labute approximate surface area is 117 Å². The lowest BCUT2D eigenvalue weighted by atomic mass is 10.2. The third-order valence-electron chi connectivity index (χ3n) is 3.39. The normalized spacial score (nSPS) is 18.1. The molecule has 1 aromatic rings. The number of nitrogens with one attached hydrogen (secondary N) is 1. The minimum absolute atomic E-state index is 0.0432. The number of carbonyl (C=O) groups is 2. The third kappa shape index (κ3) is 3.26. The second kappa shape index (κ2) is 5.90. The molecular formula is C14H19N3O3. The zero-order chi connectivity index (χ0) is 14.7. The molecule has 1 atom stereocenters. The number of rotatable bonds is 4. The van der Waals surface area contributed by atoms with Gasteiger partial charge in [-0.1, -0.05) is 6.92 Å². The smallest absolute Gasteiger partial charge is 0.335 e. The fourth-order valence-corrected chi connectivity index (χ4v) is 2.41. The van der Waals surface area contributed by atoms with E-state index in [0.717, 1.165) is 18.7 Å². The predicted molar refractivity (Wildman–Crippen MR) is 75.0 cm³/mol. The van der Waals surface area contributed by atoms with Crippen LogP contribution < -0.4 is 10.2 Å². The molecule has 1 unspecified atom stereocenters. The van der Waals surface area contributed by atoms with E-state index >= 15 is 0 Å². The van der Waals surface area contributed by atoms with E-state index in [1.807, 2.05) is 11.8 Å². The number of aromatic nitrogens is 1. The molecule has 1 aliphatic rings. The Hall–Kier alpha value is -2.11. The van der Waals surface area contributed by atoms with Crippen LogP contribution in [0.5, 0.6) is 0 Å². The summed E-state index contributed by atoms with van der Waals surface area (Å²) in [5.41, 5.74) is 1.03. The number of hydrogen-bond acceptors (Lipinski definition) is 4. The highest BCUT2D eigenvalue weighted by atomic mass is 16.4. The zero-order valence-corrected chi connectivity index (χ0v) is 11.7. The average molecular weight is 277 g/mol. The van der Waals surface area contributed by atoms with Crippen LogP contribution >= 0.6 is 0 Å². The molecule has 2 heterocycles. The molecule has 1 saturated heterocycles. The maximum Gasteiger partial charge on any atom is 0.335 e. The number of carbonyl (C=O) groups excluding carboxylic acids is 1. The SMILES string of the molecule is CCc1cc(C(=O)O)cc(N2CCC(NC(C)=O)C2)n1. The Bertz CT molecular complexity index is 530. The maximum absolute atomic E-state index is 11.1. The first kappa shape index (κ1) is 14.3. The Morgan fingerprint density at radius 3 is 2.85 bits per heavy atom. The Balaban J connectivity index is 2.18. The van der Waals surface area contributed by atoms with Crippen LogP contribution in [-0.2, 0) is 11.2 Å². The molecule has 6 nitrogen and oxygen atoms in total. The van der Waals surface area contributed by atoms with Crippen molar-refractivity contribution >= 4 is 17.7 Å². The number of aromatic carboxylic acids is 1. The largest absolute Gasteiger partial charge is 0.478 e. The van der Waals surface area contributed by atoms with Crippen molar-refractivity contribution < 1.29 is 14.7 Å². The summed E-state index contributed by atoms with van der Waals surface area (Å²) in [7, 11) is 0. The van der Waals surface area contributed by atoms with Gasteiger partial charge in [0.1, 0.15) is 5.82 Å². The minimum Gasteiger partial charge on any atom is -0.478 e. The van der Waals surface area contributed by atoms with Crippen molar-refractivity contribution in [2.75, 3.05) is 18.0 Å². The van der Waals surface area contributed by atoms with Crippen LogP contribution in [0.1, 0.15) is 36.3 Å². The van der Waals surface area contributed by atoms with E-state index in [1.165, 1.54) is 6.92 Å². The van der Waals surface area contributed by atoms with Gasteiger partial charge in [0.05, 0.1) is 5.56 Å². The number of pyridine rings is 1. The van der Waals surface area contributed by atoms with Gasteiger partial charge in [-0.3, -0.25) is 4.79 Å². The van der Waals surface area contributed by atoms with Gasteiger partial charge in [-0.05, 0) is 25.0 Å². The maximum atomic E-state index is 11.1. The lowest BCUT2D eigenvalue weighted by Gasteiger charge is -2.19. The molecule has 1 fully saturated rings. The van der Waals surface area contributed by atoms with Crippen LogP contribution in [0.15, 0.2) is 12.1 Å². The van der Waals surface area contributed by atoms with E-state index in [9.17, 15) is 9.59 Å². The van der Waals surface area contributed by atoms with Crippen molar-refractivity contribution in [1.29, 1.82) is 0 Å². The molecule has 6 heteroatoms. The summed E-state index contributed by atoms with van der Waals surface area (Å²) in [6, 6.07) is 3.30. The molecule has 0 aliphatic carbocycles. The second-order valence-corrected chi connectivity index (χ2v) is 5.00. The van der Waals surface area contributed by atoms with Gasteiger partial charge in [0.15, 0.2) is 0 Å². The molecule has 0 saturated carbocycles. The zero-order valence-electron chi connectivity index (χ0n) is 11.7. The fourth-order valence-electron chi connectivity index (χ4n) is 2.41. The van der Waals surface area contributed by atoms with Gasteiger partial charge >= 0.3 is 5.97 Å². The lowest BCUT2D eigenvalue weighted by molar-refractivity contribution is -0.119. The van der Waals surface area contributed by atoms with Crippen molar-refractivity contribution in [3.63, 3.8) is 0 Å². The van der Waals surface area contributed by atoms with E-state index in [1.54, 1.807) is 12.1 Å². The quantitative estimate of drug-likeness (QED) is 0.860. The van der Waals surface area contributed by atoms with Gasteiger partial charge in [-0.25, -0.2) is 9.78 Å². The third-order valence-corrected chi connectivity index (χ3v) is 3.39. The van der Waals surface area contributed by atoms with Gasteiger partial charge in [0, 0.05) is 31.7 Å². The van der Waals surface area contributed by atoms with Crippen molar-refractivity contribution in [1.82, 2.24) is 10.3 Å². The molecule has 2 N–H and O–H groups in total. The van der Waals surface area contributed by atoms with E-state index in [-0.39, 0.29) is 17.5 Å². The molecule has 108 valence electrons. The Kier molecular flexibility index (Phi) is 4.22. The monoisotopic (exact) mass is 277 g/mol. The van der Waals surface area contributed by atoms with Gasteiger partial charge in [0.2, 0.25) is 5.91 Å². The average Bonchev–Trinajstić information content (AvgIpc) is 2.85. The summed E-state index contributed by atoms with van der Waals surface area (Å²) < 4.78 is 0. The molecule has 1 aliphatic heterocycles. The molecular weight excluding hydrogens is 258 g/mol.